The van der Waals surface area contributed by atoms with E-state index in [4.69, 9.17) is 4.74 Å². The molecule has 0 saturated carbocycles. The molecule has 0 rings (SSSR count). The number of aliphatic hydroxyl groups excluding tert-OH is 2. The molecule has 0 aromatic heterocycles. The second kappa shape index (κ2) is 61.9. The third kappa shape index (κ3) is 57.6. The minimum Gasteiger partial charge on any atom is -0.466 e. The van der Waals surface area contributed by atoms with Gasteiger partial charge in [0.05, 0.1) is 25.4 Å². The average molecular weight is 1010 g/mol. The van der Waals surface area contributed by atoms with Crippen LogP contribution in [0.3, 0.4) is 0 Å². The summed E-state index contributed by atoms with van der Waals surface area (Å²) in [5.74, 6) is -0.0548. The summed E-state index contributed by atoms with van der Waals surface area (Å²) in [6.07, 6.45) is 76.6. The van der Waals surface area contributed by atoms with Crippen molar-refractivity contribution < 1.29 is 24.5 Å². The Kier molecular flexibility index (Phi) is 60.5. The number of esters is 1. The fourth-order valence-electron chi connectivity index (χ4n) is 10.2. The van der Waals surface area contributed by atoms with Gasteiger partial charge in [-0.1, -0.05) is 314 Å². The van der Waals surface area contributed by atoms with Gasteiger partial charge in [0.1, 0.15) is 0 Å². The molecule has 3 N–H and O–H groups in total. The van der Waals surface area contributed by atoms with Crippen LogP contribution in [0.1, 0.15) is 361 Å². The molecule has 1 amide bonds. The maximum absolute atomic E-state index is 12.5. The van der Waals surface area contributed by atoms with Crippen LogP contribution in [0.2, 0.25) is 0 Å². The van der Waals surface area contributed by atoms with Gasteiger partial charge in [0, 0.05) is 12.8 Å². The SMILES string of the molecule is CCCCCCCCCCCCCCCCCCC/C=C/C(O)C(CO)NC(=O)CCCCCCCCCCC/C=C\CCCCCCCCCCCCCCOC(=O)CCCCCCCCCCCCC. The second-order valence-electron chi connectivity index (χ2n) is 22.5. The van der Waals surface area contributed by atoms with Gasteiger partial charge < -0.3 is 20.3 Å². The molecule has 2 atom stereocenters. The van der Waals surface area contributed by atoms with Crippen LogP contribution in [0.4, 0.5) is 0 Å². The third-order valence-electron chi connectivity index (χ3n) is 15.2. The lowest BCUT2D eigenvalue weighted by Crippen LogP contribution is -2.45. The lowest BCUT2D eigenvalue weighted by molar-refractivity contribution is -0.143. The van der Waals surface area contributed by atoms with Gasteiger partial charge >= 0.3 is 5.97 Å². The number of amides is 1. The van der Waals surface area contributed by atoms with Crippen molar-refractivity contribution in [3.05, 3.63) is 24.3 Å². The summed E-state index contributed by atoms with van der Waals surface area (Å²) in [6.45, 7) is 4.93. The van der Waals surface area contributed by atoms with Gasteiger partial charge in [-0.3, -0.25) is 9.59 Å². The number of carbonyl (C=O) groups is 2. The first-order chi connectivity index (χ1) is 35.5. The summed E-state index contributed by atoms with van der Waals surface area (Å²) in [4.78, 5) is 24.5. The Hall–Kier alpha value is -1.66. The standard InChI is InChI=1S/C66H127NO5/c1-3-5-7-9-11-13-15-16-17-18-26-29-32-35-39-42-46-50-54-58-64(69)63(62-68)67-65(70)59-55-51-47-43-40-36-33-30-27-24-22-20-19-21-23-25-28-31-34-37-41-45-49-53-57-61-72-66(71)60-56-52-48-44-38-14-12-10-8-6-4-2/h20,22,54,58,63-64,68-69H,3-19,21,23-53,55-57,59-62H2,1-2H3,(H,67,70)/b22-20-,58-54+. The quantitative estimate of drug-likeness (QED) is 0.0320. The first-order valence-corrected chi connectivity index (χ1v) is 32.6. The zero-order valence-corrected chi connectivity index (χ0v) is 48.7. The zero-order valence-electron chi connectivity index (χ0n) is 48.7. The third-order valence-corrected chi connectivity index (χ3v) is 15.2. The fraction of sp³-hybridized carbons (Fsp3) is 0.909. The fourth-order valence-corrected chi connectivity index (χ4v) is 10.2. The van der Waals surface area contributed by atoms with Crippen molar-refractivity contribution in [1.29, 1.82) is 0 Å². The van der Waals surface area contributed by atoms with Crippen molar-refractivity contribution in [2.24, 2.45) is 0 Å². The van der Waals surface area contributed by atoms with Gasteiger partial charge in [-0.15, -0.1) is 0 Å². The molecular formula is C66H127NO5. The largest absolute Gasteiger partial charge is 0.466 e. The number of ether oxygens (including phenoxy) is 1. The van der Waals surface area contributed by atoms with E-state index in [9.17, 15) is 19.8 Å². The van der Waals surface area contributed by atoms with Crippen LogP contribution in [0.5, 0.6) is 0 Å². The molecule has 6 nitrogen and oxygen atoms in total. The predicted octanol–water partition coefficient (Wildman–Crippen LogP) is 20.6. The van der Waals surface area contributed by atoms with Crippen molar-refractivity contribution >= 4 is 11.9 Å². The second-order valence-corrected chi connectivity index (χ2v) is 22.5. The van der Waals surface area contributed by atoms with E-state index in [0.29, 0.717) is 19.4 Å². The van der Waals surface area contributed by atoms with Gasteiger partial charge in [-0.05, 0) is 57.8 Å². The van der Waals surface area contributed by atoms with Gasteiger partial charge in [-0.2, -0.15) is 0 Å². The number of rotatable bonds is 61. The molecule has 0 fully saturated rings. The number of aliphatic hydroxyl groups is 2. The van der Waals surface area contributed by atoms with Crippen molar-refractivity contribution in [1.82, 2.24) is 5.32 Å². The summed E-state index contributed by atoms with van der Waals surface area (Å²) in [5, 5.41) is 23.2. The van der Waals surface area contributed by atoms with E-state index in [1.54, 1.807) is 6.08 Å². The van der Waals surface area contributed by atoms with Gasteiger partial charge in [0.25, 0.3) is 0 Å². The molecule has 0 bridgehead atoms. The minimum absolute atomic E-state index is 0.0131. The molecule has 72 heavy (non-hydrogen) atoms. The predicted molar refractivity (Wildman–Crippen MR) is 315 cm³/mol. The molecule has 2 unspecified atom stereocenters. The average Bonchev–Trinajstić information content (AvgIpc) is 3.38. The lowest BCUT2D eigenvalue weighted by atomic mass is 10.0. The first-order valence-electron chi connectivity index (χ1n) is 32.6. The van der Waals surface area contributed by atoms with E-state index in [-0.39, 0.29) is 18.5 Å². The Morgan fingerprint density at radius 2 is 0.653 bits per heavy atom. The molecule has 0 saturated heterocycles. The lowest BCUT2D eigenvalue weighted by Gasteiger charge is -2.20. The van der Waals surface area contributed by atoms with E-state index in [1.807, 2.05) is 6.08 Å². The van der Waals surface area contributed by atoms with Crippen molar-refractivity contribution in [2.45, 2.75) is 373 Å². The van der Waals surface area contributed by atoms with Crippen LogP contribution >= 0.6 is 0 Å². The highest BCUT2D eigenvalue weighted by atomic mass is 16.5. The monoisotopic (exact) mass is 1010 g/mol. The molecule has 6 heteroatoms. The number of carbonyl (C=O) groups excluding carboxylic acids is 2. The number of nitrogens with one attached hydrogen (secondary N) is 1. The van der Waals surface area contributed by atoms with E-state index in [2.05, 4.69) is 31.3 Å². The molecule has 0 aromatic carbocycles. The highest BCUT2D eigenvalue weighted by molar-refractivity contribution is 5.76. The summed E-state index contributed by atoms with van der Waals surface area (Å²) in [7, 11) is 0. The summed E-state index contributed by atoms with van der Waals surface area (Å²) < 4.78 is 5.47. The summed E-state index contributed by atoms with van der Waals surface area (Å²) in [6, 6.07) is -0.630. The van der Waals surface area contributed by atoms with E-state index in [0.717, 1.165) is 38.5 Å². The van der Waals surface area contributed by atoms with Crippen molar-refractivity contribution in [3.63, 3.8) is 0 Å². The van der Waals surface area contributed by atoms with E-state index >= 15 is 0 Å². The topological polar surface area (TPSA) is 95.9 Å². The normalized spacial score (nSPS) is 12.7. The highest BCUT2D eigenvalue weighted by Gasteiger charge is 2.18. The molecule has 0 aromatic rings. The maximum atomic E-state index is 12.5. The van der Waals surface area contributed by atoms with Crippen LogP contribution in [0, 0.1) is 0 Å². The Morgan fingerprint density at radius 1 is 0.375 bits per heavy atom. The number of unbranched alkanes of at least 4 members (excludes halogenated alkanes) is 48. The minimum atomic E-state index is -0.847. The summed E-state index contributed by atoms with van der Waals surface area (Å²) in [5.41, 5.74) is 0. The molecule has 0 aliphatic carbocycles. The molecule has 0 aliphatic rings. The molecule has 426 valence electrons. The van der Waals surface area contributed by atoms with Crippen molar-refractivity contribution in [2.75, 3.05) is 13.2 Å². The summed E-state index contributed by atoms with van der Waals surface area (Å²) >= 11 is 0. The van der Waals surface area contributed by atoms with Crippen LogP contribution in [0.25, 0.3) is 0 Å². The van der Waals surface area contributed by atoms with Crippen LogP contribution in [-0.2, 0) is 14.3 Å². The Morgan fingerprint density at radius 3 is 0.986 bits per heavy atom. The molecule has 0 spiro atoms. The van der Waals surface area contributed by atoms with Crippen LogP contribution in [-0.4, -0.2) is 47.4 Å². The molecule has 0 aliphatic heterocycles. The van der Waals surface area contributed by atoms with Crippen molar-refractivity contribution in [3.8, 4) is 0 Å². The van der Waals surface area contributed by atoms with Gasteiger partial charge in [0.15, 0.2) is 0 Å². The Labute approximate surface area is 450 Å². The zero-order chi connectivity index (χ0) is 52.2. The number of hydrogen-bond donors (Lipinski definition) is 3. The number of allylic oxidation sites excluding steroid dienone is 3. The number of hydrogen-bond acceptors (Lipinski definition) is 5. The smallest absolute Gasteiger partial charge is 0.305 e. The first kappa shape index (κ1) is 70.3. The molecule has 0 radical (unpaired) electrons. The van der Waals surface area contributed by atoms with E-state index in [1.165, 1.54) is 295 Å². The Balaban J connectivity index is 3.43. The van der Waals surface area contributed by atoms with Crippen LogP contribution < -0.4 is 5.32 Å². The van der Waals surface area contributed by atoms with E-state index < -0.39 is 12.1 Å². The maximum Gasteiger partial charge on any atom is 0.305 e. The van der Waals surface area contributed by atoms with Gasteiger partial charge in [0.2, 0.25) is 5.91 Å². The molecular weight excluding hydrogens is 887 g/mol. The molecule has 0 heterocycles. The van der Waals surface area contributed by atoms with Crippen LogP contribution in [0.15, 0.2) is 24.3 Å². The highest BCUT2D eigenvalue weighted by Crippen LogP contribution is 2.18. The van der Waals surface area contributed by atoms with Gasteiger partial charge in [-0.25, -0.2) is 0 Å². The Bertz CT molecular complexity index is 1120.